The predicted molar refractivity (Wildman–Crippen MR) is 84.2 cm³/mol. The van der Waals surface area contributed by atoms with Crippen molar-refractivity contribution in [3.8, 4) is 0 Å². The van der Waals surface area contributed by atoms with E-state index in [1.165, 1.54) is 37.8 Å². The molecule has 0 bridgehead atoms. The first kappa shape index (κ1) is 17.0. The van der Waals surface area contributed by atoms with Crippen LogP contribution in [-0.2, 0) is 10.0 Å². The van der Waals surface area contributed by atoms with Crippen molar-refractivity contribution in [1.29, 1.82) is 0 Å². The fourth-order valence-corrected chi connectivity index (χ4v) is 2.54. The second-order valence-corrected chi connectivity index (χ2v) is 7.15. The second-order valence-electron chi connectivity index (χ2n) is 5.59. The molecule has 0 spiro atoms. The van der Waals surface area contributed by atoms with Gasteiger partial charge in [0.1, 0.15) is 0 Å². The first-order valence-corrected chi connectivity index (χ1v) is 8.81. The zero-order valence-corrected chi connectivity index (χ0v) is 13.2. The summed E-state index contributed by atoms with van der Waals surface area (Å²) in [6.45, 7) is 5.43. The number of rotatable bonds is 9. The van der Waals surface area contributed by atoms with Crippen molar-refractivity contribution in [2.45, 2.75) is 50.8 Å². The lowest BCUT2D eigenvalue weighted by Crippen LogP contribution is -2.12. The molecule has 20 heavy (non-hydrogen) atoms. The van der Waals surface area contributed by atoms with Crippen LogP contribution in [-0.4, -0.2) is 15.0 Å². The lowest BCUT2D eigenvalue weighted by atomic mass is 10.0. The van der Waals surface area contributed by atoms with Crippen molar-refractivity contribution < 1.29 is 8.42 Å². The van der Waals surface area contributed by atoms with Gasteiger partial charge < -0.3 is 5.32 Å². The quantitative estimate of drug-likeness (QED) is 0.687. The summed E-state index contributed by atoms with van der Waals surface area (Å²) >= 11 is 0. The molecule has 1 aromatic rings. The van der Waals surface area contributed by atoms with Crippen LogP contribution in [0.25, 0.3) is 0 Å². The molecule has 5 heteroatoms. The second kappa shape index (κ2) is 8.27. The first-order chi connectivity index (χ1) is 9.39. The number of anilines is 1. The Hall–Kier alpha value is -1.07. The van der Waals surface area contributed by atoms with E-state index in [9.17, 15) is 8.42 Å². The molecule has 1 aromatic carbocycles. The van der Waals surface area contributed by atoms with Crippen LogP contribution in [0.1, 0.15) is 46.0 Å². The lowest BCUT2D eigenvalue weighted by Gasteiger charge is -2.07. The Morgan fingerprint density at radius 1 is 1.05 bits per heavy atom. The molecule has 0 radical (unpaired) electrons. The van der Waals surface area contributed by atoms with E-state index in [1.54, 1.807) is 12.1 Å². The van der Waals surface area contributed by atoms with Gasteiger partial charge in [0.15, 0.2) is 0 Å². The molecular weight excluding hydrogens is 272 g/mol. The molecule has 0 saturated carbocycles. The van der Waals surface area contributed by atoms with E-state index >= 15 is 0 Å². The molecule has 0 aliphatic heterocycles. The maximum Gasteiger partial charge on any atom is 0.238 e. The predicted octanol–water partition coefficient (Wildman–Crippen LogP) is 3.35. The maximum atomic E-state index is 11.1. The van der Waals surface area contributed by atoms with Crippen molar-refractivity contribution >= 4 is 15.7 Å². The minimum Gasteiger partial charge on any atom is -0.385 e. The van der Waals surface area contributed by atoms with Crippen molar-refractivity contribution in [1.82, 2.24) is 0 Å². The number of hydrogen-bond acceptors (Lipinski definition) is 3. The standard InChI is InChI=1S/C15H26N2O2S/c1-13(2)7-5-3-4-6-12-17-14-8-10-15(11-9-14)20(16,18)19/h8-11,13,17H,3-7,12H2,1-2H3,(H2,16,18,19). The highest BCUT2D eigenvalue weighted by Crippen LogP contribution is 2.13. The van der Waals surface area contributed by atoms with Gasteiger partial charge in [0.25, 0.3) is 0 Å². The SMILES string of the molecule is CC(C)CCCCCCNc1ccc(S(N)(=O)=O)cc1. The van der Waals surface area contributed by atoms with E-state index in [-0.39, 0.29) is 4.90 Å². The Kier molecular flexibility index (Phi) is 7.02. The van der Waals surface area contributed by atoms with Crippen LogP contribution in [0.15, 0.2) is 29.2 Å². The zero-order valence-electron chi connectivity index (χ0n) is 12.4. The molecule has 0 saturated heterocycles. The van der Waals surface area contributed by atoms with Gasteiger partial charge in [0.2, 0.25) is 10.0 Å². The van der Waals surface area contributed by atoms with Gasteiger partial charge in [-0.15, -0.1) is 0 Å². The van der Waals surface area contributed by atoms with E-state index in [1.807, 2.05) is 0 Å². The van der Waals surface area contributed by atoms with Crippen molar-refractivity contribution in [2.24, 2.45) is 11.1 Å². The molecule has 114 valence electrons. The van der Waals surface area contributed by atoms with Crippen LogP contribution < -0.4 is 10.5 Å². The monoisotopic (exact) mass is 298 g/mol. The van der Waals surface area contributed by atoms with Gasteiger partial charge in [-0.2, -0.15) is 0 Å². The number of nitrogens with two attached hydrogens (primary N) is 1. The summed E-state index contributed by atoms with van der Waals surface area (Å²) in [7, 11) is -3.59. The van der Waals surface area contributed by atoms with E-state index in [4.69, 9.17) is 5.14 Å². The van der Waals surface area contributed by atoms with Crippen molar-refractivity contribution in [3.05, 3.63) is 24.3 Å². The molecular formula is C15H26N2O2S. The maximum absolute atomic E-state index is 11.1. The van der Waals surface area contributed by atoms with Crippen LogP contribution in [0, 0.1) is 5.92 Å². The molecule has 0 heterocycles. The molecule has 0 atom stereocenters. The fraction of sp³-hybridized carbons (Fsp3) is 0.600. The number of benzene rings is 1. The summed E-state index contributed by atoms with van der Waals surface area (Å²) in [5.41, 5.74) is 0.930. The molecule has 3 N–H and O–H groups in total. The Balaban J connectivity index is 2.20. The van der Waals surface area contributed by atoms with Crippen LogP contribution in [0.3, 0.4) is 0 Å². The smallest absolute Gasteiger partial charge is 0.238 e. The van der Waals surface area contributed by atoms with Gasteiger partial charge in [-0.3, -0.25) is 0 Å². The molecule has 0 aliphatic rings. The van der Waals surface area contributed by atoms with Gasteiger partial charge in [0, 0.05) is 12.2 Å². The molecule has 0 unspecified atom stereocenters. The third-order valence-electron chi connectivity index (χ3n) is 3.22. The summed E-state index contributed by atoms with van der Waals surface area (Å²) < 4.78 is 22.2. The van der Waals surface area contributed by atoms with Gasteiger partial charge in [-0.05, 0) is 36.6 Å². The normalized spacial score (nSPS) is 11.8. The minimum atomic E-state index is -3.59. The van der Waals surface area contributed by atoms with E-state index in [0.29, 0.717) is 0 Å². The Bertz CT molecular complexity index is 481. The Morgan fingerprint density at radius 2 is 1.65 bits per heavy atom. The van der Waals surface area contributed by atoms with Gasteiger partial charge in [0.05, 0.1) is 4.90 Å². The van der Waals surface area contributed by atoms with Gasteiger partial charge in [-0.1, -0.05) is 39.5 Å². The third-order valence-corrected chi connectivity index (χ3v) is 4.15. The van der Waals surface area contributed by atoms with Crippen molar-refractivity contribution in [2.75, 3.05) is 11.9 Å². The third kappa shape index (κ3) is 6.91. The van der Waals surface area contributed by atoms with E-state index < -0.39 is 10.0 Å². The first-order valence-electron chi connectivity index (χ1n) is 7.26. The average Bonchev–Trinajstić information content (AvgIpc) is 2.37. The lowest BCUT2D eigenvalue weighted by molar-refractivity contribution is 0.523. The number of hydrogen-bond donors (Lipinski definition) is 2. The number of sulfonamides is 1. The number of nitrogens with one attached hydrogen (secondary N) is 1. The van der Waals surface area contributed by atoms with Crippen molar-refractivity contribution in [3.63, 3.8) is 0 Å². The molecule has 0 fully saturated rings. The highest BCUT2D eigenvalue weighted by atomic mass is 32.2. The van der Waals surface area contributed by atoms with Crippen LogP contribution in [0.4, 0.5) is 5.69 Å². The zero-order chi connectivity index (χ0) is 15.0. The topological polar surface area (TPSA) is 72.2 Å². The molecule has 0 aromatic heterocycles. The highest BCUT2D eigenvalue weighted by molar-refractivity contribution is 7.89. The number of primary sulfonamides is 1. The van der Waals surface area contributed by atoms with Gasteiger partial charge >= 0.3 is 0 Å². The molecule has 0 amide bonds. The average molecular weight is 298 g/mol. The highest BCUT2D eigenvalue weighted by Gasteiger charge is 2.06. The van der Waals surface area contributed by atoms with Gasteiger partial charge in [-0.25, -0.2) is 13.6 Å². The summed E-state index contributed by atoms with van der Waals surface area (Å²) in [5, 5.41) is 8.34. The summed E-state index contributed by atoms with van der Waals surface area (Å²) in [6.07, 6.45) is 6.26. The minimum absolute atomic E-state index is 0.150. The summed E-state index contributed by atoms with van der Waals surface area (Å²) in [5.74, 6) is 0.797. The summed E-state index contributed by atoms with van der Waals surface area (Å²) in [6, 6.07) is 6.55. The van der Waals surface area contributed by atoms with E-state index in [2.05, 4.69) is 19.2 Å². The Morgan fingerprint density at radius 3 is 2.20 bits per heavy atom. The van der Waals surface area contributed by atoms with E-state index in [0.717, 1.165) is 24.6 Å². The van der Waals surface area contributed by atoms with Crippen LogP contribution >= 0.6 is 0 Å². The molecule has 1 rings (SSSR count). The van der Waals surface area contributed by atoms with Crippen LogP contribution in [0.2, 0.25) is 0 Å². The fourth-order valence-electron chi connectivity index (χ4n) is 2.03. The molecule has 0 aliphatic carbocycles. The summed E-state index contributed by atoms with van der Waals surface area (Å²) in [4.78, 5) is 0.150. The van der Waals surface area contributed by atoms with Crippen LogP contribution in [0.5, 0.6) is 0 Å². The number of unbranched alkanes of at least 4 members (excludes halogenated alkanes) is 3. The largest absolute Gasteiger partial charge is 0.385 e. The molecule has 4 nitrogen and oxygen atoms in total. The Labute approximate surface area is 122 Å².